The number of allylic oxidation sites excluding steroid dienone is 6. The number of aliphatic hydroxyl groups excluding tert-OH is 1. The van der Waals surface area contributed by atoms with Crippen molar-refractivity contribution in [2.24, 2.45) is 41.4 Å². The van der Waals surface area contributed by atoms with E-state index in [4.69, 9.17) is 32.7 Å². The molecule has 5 rings (SSSR count). The quantitative estimate of drug-likeness (QED) is 0.0931. The number of amides is 1. The first-order valence-corrected chi connectivity index (χ1v) is 28.0. The number of aliphatic hydroxyl groups is 2. The molecular weight excluding hydrogens is 934 g/mol. The summed E-state index contributed by atoms with van der Waals surface area (Å²) in [7, 11) is 1.16. The third-order valence-corrected chi connectivity index (χ3v) is 17.1. The summed E-state index contributed by atoms with van der Waals surface area (Å²) in [4.78, 5) is 72.8. The highest BCUT2D eigenvalue weighted by molar-refractivity contribution is 7.53. The molecule has 10 unspecified atom stereocenters. The van der Waals surface area contributed by atoms with Crippen LogP contribution in [0.15, 0.2) is 47.6 Å². The average molecular weight is 1020 g/mol. The number of hydrogen-bond acceptors (Lipinski definition) is 15. The van der Waals surface area contributed by atoms with E-state index in [9.17, 15) is 38.8 Å². The predicted octanol–water partition coefficient (Wildman–Crippen LogP) is 7.67. The lowest BCUT2D eigenvalue weighted by molar-refractivity contribution is -0.266. The van der Waals surface area contributed by atoms with Crippen LogP contribution in [0.3, 0.4) is 0 Å². The van der Waals surface area contributed by atoms with Crippen LogP contribution in [0, 0.1) is 41.4 Å². The maximum absolute atomic E-state index is 14.6. The van der Waals surface area contributed by atoms with Crippen LogP contribution in [0.5, 0.6) is 0 Å². The number of methoxy groups -OCH3 is 3. The van der Waals surface area contributed by atoms with E-state index in [1.165, 1.54) is 18.7 Å². The maximum atomic E-state index is 14.6. The third kappa shape index (κ3) is 14.8. The third-order valence-electron chi connectivity index (χ3n) is 15.7. The number of fused-ring (bicyclic) bond motifs is 4. The second kappa shape index (κ2) is 26.3. The van der Waals surface area contributed by atoms with E-state index < -0.39 is 109 Å². The molecule has 71 heavy (non-hydrogen) atoms. The number of hydrogen-bond donors (Lipinski definition) is 2. The highest BCUT2D eigenvalue weighted by Crippen LogP contribution is 2.50. The molecule has 1 aliphatic carbocycles. The van der Waals surface area contributed by atoms with Gasteiger partial charge in [0, 0.05) is 71.1 Å². The van der Waals surface area contributed by atoms with E-state index in [0.717, 1.165) is 5.57 Å². The van der Waals surface area contributed by atoms with Gasteiger partial charge in [-0.25, -0.2) is 4.79 Å². The zero-order chi connectivity index (χ0) is 52.4. The van der Waals surface area contributed by atoms with Gasteiger partial charge < -0.3 is 47.8 Å². The lowest BCUT2D eigenvalue weighted by Crippen LogP contribution is -2.65. The lowest BCUT2D eigenvalue weighted by Gasteiger charge is -2.50. The summed E-state index contributed by atoms with van der Waals surface area (Å²) in [5.41, 5.74) is 1.25. The monoisotopic (exact) mass is 1020 g/mol. The van der Waals surface area contributed by atoms with Crippen molar-refractivity contribution in [2.75, 3.05) is 41.1 Å². The van der Waals surface area contributed by atoms with Gasteiger partial charge in [0.05, 0.1) is 31.0 Å². The molecular formula is C54H84NO15P. The van der Waals surface area contributed by atoms with E-state index in [0.29, 0.717) is 82.8 Å². The van der Waals surface area contributed by atoms with Crippen molar-refractivity contribution in [3.05, 3.63) is 47.6 Å². The van der Waals surface area contributed by atoms with Gasteiger partial charge in [0.25, 0.3) is 11.7 Å². The van der Waals surface area contributed by atoms with Gasteiger partial charge in [0.2, 0.25) is 5.79 Å². The summed E-state index contributed by atoms with van der Waals surface area (Å²) in [6.07, 6.45) is 11.1. The normalized spacial score (nSPS) is 41.0. The number of Topliss-reactive ketones (excluding diaryl/α,β-unsaturated/α-hetero) is 3. The Bertz CT molecular complexity index is 2030. The SMILES string of the molecule is CCCOP(C)(=O)O[C@@H]1CCC(C[C@H]2C3CCCN4C(=O)C(=O)C5(O)O[C@@H](CCC5C)C[C@H](OC)/C(C)=C/C=C/C=C/[C@@H](C)CC(C)C(=O)[C@H](OC)C(O)/C(C)=C/C(C)C(=O)C[C@@H]2OC(=O)C34)CC1OC. The number of esters is 1. The molecule has 1 saturated carbocycles. The molecule has 5 aliphatic rings. The van der Waals surface area contributed by atoms with Gasteiger partial charge in [0.15, 0.2) is 5.78 Å². The average Bonchev–Trinajstić information content (AvgIpc) is 3.33. The van der Waals surface area contributed by atoms with Crippen molar-refractivity contribution in [1.82, 2.24) is 4.90 Å². The fourth-order valence-electron chi connectivity index (χ4n) is 11.6. The molecule has 0 aromatic carbocycles. The Morgan fingerprint density at radius 2 is 1.61 bits per heavy atom. The van der Waals surface area contributed by atoms with Gasteiger partial charge >= 0.3 is 13.6 Å². The smallest absolute Gasteiger partial charge is 0.329 e. The van der Waals surface area contributed by atoms with Crippen LogP contribution in [0.25, 0.3) is 0 Å². The molecule has 0 aromatic heterocycles. The van der Waals surface area contributed by atoms with E-state index in [1.54, 1.807) is 41.1 Å². The van der Waals surface area contributed by atoms with Crippen molar-refractivity contribution in [1.29, 1.82) is 0 Å². The van der Waals surface area contributed by atoms with E-state index in [1.807, 2.05) is 58.1 Å². The minimum Gasteiger partial charge on any atom is -0.460 e. The second-order valence-corrected chi connectivity index (χ2v) is 23.2. The maximum Gasteiger partial charge on any atom is 0.329 e. The first-order chi connectivity index (χ1) is 33.6. The Kier molecular flexibility index (Phi) is 21.8. The van der Waals surface area contributed by atoms with Gasteiger partial charge in [0.1, 0.15) is 30.1 Å². The highest BCUT2D eigenvalue weighted by Gasteiger charge is 2.57. The van der Waals surface area contributed by atoms with Crippen LogP contribution in [-0.4, -0.2) is 140 Å². The zero-order valence-electron chi connectivity index (χ0n) is 44.1. The minimum absolute atomic E-state index is 0.0103. The summed E-state index contributed by atoms with van der Waals surface area (Å²) >= 11 is 0. The number of carbonyl (C=O) groups is 5. The van der Waals surface area contributed by atoms with Crippen LogP contribution in [0.2, 0.25) is 0 Å². The number of carbonyl (C=O) groups excluding carboxylic acids is 5. The fraction of sp³-hybridized carbons (Fsp3) is 0.759. The van der Waals surface area contributed by atoms with Gasteiger partial charge in [-0.1, -0.05) is 71.1 Å². The molecule has 3 saturated heterocycles. The number of ether oxygens (including phenoxy) is 5. The molecule has 0 aromatic rings. The number of nitrogens with zero attached hydrogens (tertiary/aromatic N) is 1. The van der Waals surface area contributed by atoms with Gasteiger partial charge in [-0.3, -0.25) is 23.7 Å². The largest absolute Gasteiger partial charge is 0.460 e. The standard InChI is InChI=1S/C54H84NO15P/c1-12-25-67-71(11,63)70-43-23-21-38(29-46(43)65-9)28-41-40-19-16-24-55-47(40)53(61)68-45(41)31-42(56)34(4)27-36(6)49(58)50(66-10)48(57)35(5)26-32(2)17-14-13-15-18-33(3)44(64-8)30-39-22-20-37(7)54(62,69-39)51(59)52(55)60/h13-15,17-18,27,32,34-35,37-41,43-47,49-50,58,62H,12,16,19-26,28-31H2,1-11H3/b15-13+,17-14+,33-18+,36-27+/t32-,34?,35?,37?,38?,39+,40?,41+,43-,44+,45+,46?,47?,49?,50+,54?,71?/m1/s1. The molecule has 0 radical (unpaired) electrons. The number of ketones is 3. The van der Waals surface area contributed by atoms with Gasteiger partial charge in [-0.2, -0.15) is 0 Å². The molecule has 4 bridgehead atoms. The number of piperidine rings is 1. The van der Waals surface area contributed by atoms with Crippen molar-refractivity contribution in [2.45, 2.75) is 180 Å². The summed E-state index contributed by atoms with van der Waals surface area (Å²) < 4.78 is 54.7. The Balaban J connectivity index is 1.50. The molecule has 4 fully saturated rings. The first kappa shape index (κ1) is 58.7. The van der Waals surface area contributed by atoms with Crippen molar-refractivity contribution in [3.63, 3.8) is 0 Å². The van der Waals surface area contributed by atoms with Crippen LogP contribution >= 0.6 is 7.60 Å². The molecule has 17 atom stereocenters. The van der Waals surface area contributed by atoms with E-state index >= 15 is 0 Å². The van der Waals surface area contributed by atoms with Gasteiger partial charge in [-0.15, -0.1) is 0 Å². The zero-order valence-corrected chi connectivity index (χ0v) is 45.0. The Hall–Kier alpha value is -3.18. The summed E-state index contributed by atoms with van der Waals surface area (Å²) in [6, 6.07) is -1.16. The molecule has 4 aliphatic heterocycles. The van der Waals surface area contributed by atoms with Crippen LogP contribution < -0.4 is 0 Å². The lowest BCUT2D eigenvalue weighted by atomic mass is 9.68. The summed E-state index contributed by atoms with van der Waals surface area (Å²) in [5.74, 6) is -8.79. The molecule has 2 N–H and O–H groups in total. The molecule has 4 heterocycles. The topological polar surface area (TPSA) is 211 Å². The van der Waals surface area contributed by atoms with Gasteiger partial charge in [-0.05, 0) is 107 Å². The van der Waals surface area contributed by atoms with Crippen LogP contribution in [0.1, 0.15) is 126 Å². The predicted molar refractivity (Wildman–Crippen MR) is 267 cm³/mol. The molecule has 400 valence electrons. The molecule has 1 amide bonds. The minimum atomic E-state index is -3.37. The Morgan fingerprint density at radius 1 is 0.873 bits per heavy atom. The fourth-order valence-corrected chi connectivity index (χ4v) is 12.9. The van der Waals surface area contributed by atoms with E-state index in [-0.39, 0.29) is 36.4 Å². The van der Waals surface area contributed by atoms with Crippen molar-refractivity contribution >= 4 is 36.8 Å². The van der Waals surface area contributed by atoms with Crippen molar-refractivity contribution < 1.29 is 71.5 Å². The Morgan fingerprint density at radius 3 is 2.28 bits per heavy atom. The molecule has 17 heteroatoms. The summed E-state index contributed by atoms with van der Waals surface area (Å²) in [5, 5.41) is 23.6. The Labute approximate surface area is 422 Å². The number of rotatable bonds is 10. The van der Waals surface area contributed by atoms with Crippen LogP contribution in [-0.2, 0) is 61.3 Å². The first-order valence-electron chi connectivity index (χ1n) is 26.0. The summed E-state index contributed by atoms with van der Waals surface area (Å²) in [6.45, 7) is 14.5. The highest BCUT2D eigenvalue weighted by atomic mass is 31.2. The molecule has 16 nitrogen and oxygen atoms in total. The van der Waals surface area contributed by atoms with Crippen molar-refractivity contribution in [3.8, 4) is 0 Å². The second-order valence-electron chi connectivity index (χ2n) is 21.2. The molecule has 0 spiro atoms. The van der Waals surface area contributed by atoms with Crippen LogP contribution in [0.4, 0.5) is 0 Å². The van der Waals surface area contributed by atoms with E-state index in [2.05, 4.69) is 0 Å².